The monoisotopic (exact) mass is 338 g/mol. The molecule has 5 heteroatoms. The van der Waals surface area contributed by atoms with Crippen LogP contribution in [-0.4, -0.2) is 10.1 Å². The second-order valence-corrected chi connectivity index (χ2v) is 5.98. The third-order valence-electron chi connectivity index (χ3n) is 3.27. The minimum atomic E-state index is -0.160. The SMILES string of the molecule is N#CC(=C(O)c1ccccc1Cl)c1nc(-c2ccccc2)cs1. The van der Waals surface area contributed by atoms with Gasteiger partial charge >= 0.3 is 0 Å². The van der Waals surface area contributed by atoms with Crippen molar-refractivity contribution in [2.24, 2.45) is 0 Å². The molecule has 23 heavy (non-hydrogen) atoms. The minimum Gasteiger partial charge on any atom is -0.506 e. The van der Waals surface area contributed by atoms with Crippen LogP contribution in [0, 0.1) is 11.3 Å². The number of benzene rings is 2. The summed E-state index contributed by atoms with van der Waals surface area (Å²) in [6.07, 6.45) is 0. The van der Waals surface area contributed by atoms with Crippen LogP contribution < -0.4 is 0 Å². The first-order valence-corrected chi connectivity index (χ1v) is 8.06. The van der Waals surface area contributed by atoms with E-state index in [9.17, 15) is 10.4 Å². The molecular formula is C18H11ClN2OS. The average Bonchev–Trinajstić information content (AvgIpc) is 3.06. The predicted octanol–water partition coefficient (Wildman–Crippen LogP) is 5.41. The van der Waals surface area contributed by atoms with Gasteiger partial charge in [-0.1, -0.05) is 54.1 Å². The summed E-state index contributed by atoms with van der Waals surface area (Å²) in [5.41, 5.74) is 2.27. The molecule has 0 fully saturated rings. The number of aromatic nitrogens is 1. The molecule has 0 saturated heterocycles. The molecule has 0 amide bonds. The number of nitrogens with zero attached hydrogens (tertiary/aromatic N) is 2. The van der Waals surface area contributed by atoms with Gasteiger partial charge in [-0.05, 0) is 12.1 Å². The first kappa shape index (κ1) is 15.3. The molecule has 0 aliphatic rings. The van der Waals surface area contributed by atoms with Crippen LogP contribution >= 0.6 is 22.9 Å². The quantitative estimate of drug-likeness (QED) is 0.513. The summed E-state index contributed by atoms with van der Waals surface area (Å²) < 4.78 is 0. The van der Waals surface area contributed by atoms with Crippen molar-refractivity contribution in [2.75, 3.05) is 0 Å². The van der Waals surface area contributed by atoms with E-state index in [2.05, 4.69) is 4.98 Å². The van der Waals surface area contributed by atoms with Crippen molar-refractivity contribution in [1.29, 1.82) is 5.26 Å². The number of allylic oxidation sites excluding steroid dienone is 1. The minimum absolute atomic E-state index is 0.116. The van der Waals surface area contributed by atoms with Crippen LogP contribution in [0.3, 0.4) is 0 Å². The smallest absolute Gasteiger partial charge is 0.145 e. The third kappa shape index (κ3) is 3.11. The Bertz CT molecular complexity index is 910. The molecule has 0 atom stereocenters. The molecule has 0 radical (unpaired) electrons. The van der Waals surface area contributed by atoms with Gasteiger partial charge in [0.2, 0.25) is 0 Å². The standard InChI is InChI=1S/C18H11ClN2OS/c19-15-9-5-4-8-13(15)17(22)14(10-20)18-21-16(11-23-18)12-6-2-1-3-7-12/h1-9,11,22H. The molecule has 0 spiro atoms. The number of hydrogen-bond donors (Lipinski definition) is 1. The van der Waals surface area contributed by atoms with Gasteiger partial charge in [0.15, 0.2) is 0 Å². The molecule has 1 heterocycles. The van der Waals surface area contributed by atoms with E-state index in [0.29, 0.717) is 15.6 Å². The van der Waals surface area contributed by atoms with Crippen molar-refractivity contribution in [3.05, 3.63) is 75.6 Å². The zero-order valence-corrected chi connectivity index (χ0v) is 13.5. The molecule has 0 aliphatic carbocycles. The second kappa shape index (κ2) is 6.66. The van der Waals surface area contributed by atoms with E-state index < -0.39 is 0 Å². The van der Waals surface area contributed by atoms with Gasteiger partial charge in [-0.25, -0.2) is 4.98 Å². The van der Waals surface area contributed by atoms with Gasteiger partial charge in [0.25, 0.3) is 0 Å². The van der Waals surface area contributed by atoms with Crippen molar-refractivity contribution in [1.82, 2.24) is 4.98 Å². The molecule has 0 aliphatic heterocycles. The molecule has 0 bridgehead atoms. The second-order valence-electron chi connectivity index (χ2n) is 4.72. The summed E-state index contributed by atoms with van der Waals surface area (Å²) in [7, 11) is 0. The Morgan fingerprint density at radius 2 is 1.78 bits per heavy atom. The number of thiazole rings is 1. The average molecular weight is 339 g/mol. The molecule has 0 saturated carbocycles. The molecule has 2 aromatic carbocycles. The molecule has 1 N–H and O–H groups in total. The Labute approximate surface area is 142 Å². The zero-order valence-electron chi connectivity index (χ0n) is 11.9. The Morgan fingerprint density at radius 3 is 2.48 bits per heavy atom. The van der Waals surface area contributed by atoms with E-state index in [-0.39, 0.29) is 11.3 Å². The number of aliphatic hydroxyl groups is 1. The summed E-state index contributed by atoms with van der Waals surface area (Å²) in [4.78, 5) is 4.46. The number of hydrogen-bond acceptors (Lipinski definition) is 4. The van der Waals surface area contributed by atoms with Crippen LogP contribution in [0.5, 0.6) is 0 Å². The van der Waals surface area contributed by atoms with Crippen LogP contribution in [0.1, 0.15) is 10.6 Å². The normalized spacial score (nSPS) is 11.7. The van der Waals surface area contributed by atoms with E-state index in [4.69, 9.17) is 11.6 Å². The Balaban J connectivity index is 2.06. The molecule has 0 unspecified atom stereocenters. The van der Waals surface area contributed by atoms with Crippen molar-refractivity contribution in [3.63, 3.8) is 0 Å². The van der Waals surface area contributed by atoms with Gasteiger partial charge in [0, 0.05) is 16.5 Å². The number of aliphatic hydroxyl groups excluding tert-OH is 1. The maximum absolute atomic E-state index is 10.4. The highest BCUT2D eigenvalue weighted by molar-refractivity contribution is 7.11. The van der Waals surface area contributed by atoms with E-state index >= 15 is 0 Å². The summed E-state index contributed by atoms with van der Waals surface area (Å²) in [6.45, 7) is 0. The van der Waals surface area contributed by atoms with E-state index in [1.165, 1.54) is 11.3 Å². The lowest BCUT2D eigenvalue weighted by Gasteiger charge is -2.04. The Hall–Kier alpha value is -2.61. The Kier molecular flexibility index (Phi) is 4.42. The summed E-state index contributed by atoms with van der Waals surface area (Å²) in [5.74, 6) is -0.160. The highest BCUT2D eigenvalue weighted by Crippen LogP contribution is 2.32. The fourth-order valence-corrected chi connectivity index (χ4v) is 3.17. The van der Waals surface area contributed by atoms with Gasteiger partial charge in [-0.3, -0.25) is 0 Å². The number of rotatable bonds is 3. The van der Waals surface area contributed by atoms with Crippen LogP contribution in [0.4, 0.5) is 0 Å². The molecule has 112 valence electrons. The zero-order chi connectivity index (χ0) is 16.2. The van der Waals surface area contributed by atoms with Crippen molar-refractivity contribution in [3.8, 4) is 17.3 Å². The lowest BCUT2D eigenvalue weighted by Crippen LogP contribution is -1.91. The van der Waals surface area contributed by atoms with Gasteiger partial charge in [0.1, 0.15) is 22.4 Å². The predicted molar refractivity (Wildman–Crippen MR) is 94.1 cm³/mol. The van der Waals surface area contributed by atoms with Gasteiger partial charge in [0.05, 0.1) is 10.7 Å². The van der Waals surface area contributed by atoms with E-state index in [1.54, 1.807) is 24.3 Å². The molecule has 3 nitrogen and oxygen atoms in total. The topological polar surface area (TPSA) is 56.9 Å². The van der Waals surface area contributed by atoms with Crippen LogP contribution in [0.2, 0.25) is 5.02 Å². The fourth-order valence-electron chi connectivity index (χ4n) is 2.12. The van der Waals surface area contributed by atoms with Crippen molar-refractivity contribution in [2.45, 2.75) is 0 Å². The van der Waals surface area contributed by atoms with Gasteiger partial charge < -0.3 is 5.11 Å². The highest BCUT2D eigenvalue weighted by Gasteiger charge is 2.16. The molecule has 3 rings (SSSR count). The third-order valence-corrected chi connectivity index (χ3v) is 4.45. The van der Waals surface area contributed by atoms with Gasteiger partial charge in [-0.15, -0.1) is 11.3 Å². The molecule has 3 aromatic rings. The van der Waals surface area contributed by atoms with Crippen molar-refractivity contribution < 1.29 is 5.11 Å². The van der Waals surface area contributed by atoms with E-state index in [0.717, 1.165) is 11.3 Å². The first-order chi connectivity index (χ1) is 11.2. The lowest BCUT2D eigenvalue weighted by atomic mass is 10.1. The number of nitriles is 1. The largest absolute Gasteiger partial charge is 0.506 e. The first-order valence-electron chi connectivity index (χ1n) is 6.80. The summed E-state index contributed by atoms with van der Waals surface area (Å²) in [6, 6.07) is 18.6. The Morgan fingerprint density at radius 1 is 1.09 bits per heavy atom. The number of halogens is 1. The summed E-state index contributed by atoms with van der Waals surface area (Å²) in [5, 5.41) is 22.6. The molecular weight excluding hydrogens is 328 g/mol. The van der Waals surface area contributed by atoms with Crippen molar-refractivity contribution >= 4 is 34.3 Å². The highest BCUT2D eigenvalue weighted by atomic mass is 35.5. The maximum Gasteiger partial charge on any atom is 0.145 e. The van der Waals surface area contributed by atoms with Crippen LogP contribution in [0.15, 0.2) is 60.0 Å². The van der Waals surface area contributed by atoms with Gasteiger partial charge in [-0.2, -0.15) is 5.26 Å². The lowest BCUT2D eigenvalue weighted by molar-refractivity contribution is 0.514. The maximum atomic E-state index is 10.4. The summed E-state index contributed by atoms with van der Waals surface area (Å²) >= 11 is 7.40. The van der Waals surface area contributed by atoms with Crippen LogP contribution in [-0.2, 0) is 0 Å². The van der Waals surface area contributed by atoms with Crippen LogP contribution in [0.25, 0.3) is 22.6 Å². The fraction of sp³-hybridized carbons (Fsp3) is 0. The van der Waals surface area contributed by atoms with E-state index in [1.807, 2.05) is 41.8 Å². The molecule has 1 aromatic heterocycles.